The van der Waals surface area contributed by atoms with Gasteiger partial charge in [-0.15, -0.1) is 0 Å². The third-order valence-corrected chi connectivity index (χ3v) is 3.56. The maximum atomic E-state index is 12.4. The van der Waals surface area contributed by atoms with Crippen molar-refractivity contribution in [2.75, 3.05) is 24.7 Å². The molecule has 0 spiro atoms. The summed E-state index contributed by atoms with van der Waals surface area (Å²) < 4.78 is 5.47. The summed E-state index contributed by atoms with van der Waals surface area (Å²) in [6.45, 7) is 5.46. The van der Waals surface area contributed by atoms with E-state index in [2.05, 4.69) is 5.32 Å². The maximum absolute atomic E-state index is 12.4. The molecule has 0 bridgehead atoms. The Kier molecular flexibility index (Phi) is 5.14. The van der Waals surface area contributed by atoms with Crippen LogP contribution in [0.3, 0.4) is 0 Å². The highest BCUT2D eigenvalue weighted by Crippen LogP contribution is 2.24. The highest BCUT2D eigenvalue weighted by molar-refractivity contribution is 7.80. The van der Waals surface area contributed by atoms with Crippen molar-refractivity contribution >= 4 is 28.8 Å². The van der Waals surface area contributed by atoms with Gasteiger partial charge in [0.25, 0.3) is 0 Å². The zero-order valence-electron chi connectivity index (χ0n) is 12.3. The number of carbonyl (C=O) groups excluding carboxylic acids is 1. The molecule has 1 aliphatic rings. The summed E-state index contributed by atoms with van der Waals surface area (Å²) >= 11 is 5.11. The van der Waals surface area contributed by atoms with Crippen LogP contribution in [0.25, 0.3) is 0 Å². The molecule has 6 heteroatoms. The minimum atomic E-state index is -0.364. The van der Waals surface area contributed by atoms with E-state index in [0.717, 1.165) is 11.3 Å². The average Bonchev–Trinajstić information content (AvgIpc) is 2.46. The molecule has 1 amide bonds. The minimum absolute atomic E-state index is 0.0394. The van der Waals surface area contributed by atoms with E-state index in [9.17, 15) is 4.79 Å². The Morgan fingerprint density at radius 2 is 2.19 bits per heavy atom. The molecule has 1 fully saturated rings. The number of ether oxygens (including phenoxy) is 1. The number of nitrogens with two attached hydrogens (primary N) is 1. The second kappa shape index (κ2) is 6.87. The molecule has 114 valence electrons. The van der Waals surface area contributed by atoms with E-state index in [-0.39, 0.29) is 18.0 Å². The first-order valence-corrected chi connectivity index (χ1v) is 7.45. The predicted molar refractivity (Wildman–Crippen MR) is 87.6 cm³/mol. The van der Waals surface area contributed by atoms with Crippen LogP contribution in [-0.4, -0.2) is 42.7 Å². The molecule has 1 saturated heterocycles. The molecule has 0 aliphatic carbocycles. The van der Waals surface area contributed by atoms with Crippen LogP contribution in [0, 0.1) is 0 Å². The summed E-state index contributed by atoms with van der Waals surface area (Å²) in [4.78, 5) is 14.7. The van der Waals surface area contributed by atoms with Gasteiger partial charge in [0.2, 0.25) is 5.91 Å². The molecule has 1 aromatic rings. The third-order valence-electron chi connectivity index (χ3n) is 3.34. The molecule has 0 radical (unpaired) electrons. The highest BCUT2D eigenvalue weighted by atomic mass is 32.1. The Morgan fingerprint density at radius 3 is 2.86 bits per heavy atom. The molecule has 0 saturated carbocycles. The second-order valence-electron chi connectivity index (χ2n) is 5.33. The molecule has 1 unspecified atom stereocenters. The molecule has 1 aliphatic heterocycles. The number of carbonyl (C=O) groups is 1. The van der Waals surface area contributed by atoms with Crippen molar-refractivity contribution in [3.8, 4) is 0 Å². The lowest BCUT2D eigenvalue weighted by atomic mass is 10.1. The molecular formula is C15H21N3O2S. The summed E-state index contributed by atoms with van der Waals surface area (Å²) in [7, 11) is 0. The molecule has 1 atom stereocenters. The molecular weight excluding hydrogens is 286 g/mol. The van der Waals surface area contributed by atoms with Crippen LogP contribution in [0.1, 0.15) is 19.4 Å². The topological polar surface area (TPSA) is 67.6 Å². The van der Waals surface area contributed by atoms with Gasteiger partial charge in [0.15, 0.2) is 0 Å². The van der Waals surface area contributed by atoms with Crippen molar-refractivity contribution in [1.29, 1.82) is 0 Å². The monoisotopic (exact) mass is 307 g/mol. The number of rotatable bonds is 4. The number of hydrogen-bond donors (Lipinski definition) is 2. The Hall–Kier alpha value is -1.66. The first-order chi connectivity index (χ1) is 10.0. The third kappa shape index (κ3) is 3.71. The van der Waals surface area contributed by atoms with Gasteiger partial charge in [-0.25, -0.2) is 0 Å². The van der Waals surface area contributed by atoms with Crippen molar-refractivity contribution in [3.63, 3.8) is 0 Å². The van der Waals surface area contributed by atoms with E-state index in [1.54, 1.807) is 0 Å². The summed E-state index contributed by atoms with van der Waals surface area (Å²) in [5.74, 6) is -0.0394. The van der Waals surface area contributed by atoms with E-state index in [4.69, 9.17) is 22.7 Å². The van der Waals surface area contributed by atoms with Gasteiger partial charge in [0.05, 0.1) is 13.2 Å². The number of nitrogens with zero attached hydrogens (tertiary/aromatic N) is 1. The number of amides is 1. The maximum Gasteiger partial charge on any atom is 0.245 e. The Balaban J connectivity index is 2.31. The normalized spacial score (nSPS) is 18.6. The zero-order valence-corrected chi connectivity index (χ0v) is 13.2. The number of morpholine rings is 1. The number of para-hydroxylation sites is 1. The van der Waals surface area contributed by atoms with Crippen LogP contribution in [0.15, 0.2) is 24.3 Å². The van der Waals surface area contributed by atoms with Crippen molar-refractivity contribution in [2.24, 2.45) is 5.73 Å². The minimum Gasteiger partial charge on any atom is -0.389 e. The quantitative estimate of drug-likeness (QED) is 0.814. The summed E-state index contributed by atoms with van der Waals surface area (Å²) in [6.07, 6.45) is 0. The van der Waals surface area contributed by atoms with Gasteiger partial charge in [-0.2, -0.15) is 0 Å². The molecule has 21 heavy (non-hydrogen) atoms. The van der Waals surface area contributed by atoms with Crippen LogP contribution >= 0.6 is 12.2 Å². The van der Waals surface area contributed by atoms with Crippen LogP contribution in [0.5, 0.6) is 0 Å². The largest absolute Gasteiger partial charge is 0.389 e. The fraction of sp³-hybridized carbons (Fsp3) is 0.467. The van der Waals surface area contributed by atoms with E-state index in [0.29, 0.717) is 24.7 Å². The summed E-state index contributed by atoms with van der Waals surface area (Å²) in [5, 5.41) is 2.94. The zero-order chi connectivity index (χ0) is 15.4. The van der Waals surface area contributed by atoms with Gasteiger partial charge in [-0.05, 0) is 26.0 Å². The van der Waals surface area contributed by atoms with Gasteiger partial charge in [-0.1, -0.05) is 24.4 Å². The predicted octanol–water partition coefficient (Wildman–Crippen LogP) is 1.05. The number of nitrogens with one attached hydrogen (secondary N) is 1. The molecule has 1 aromatic carbocycles. The van der Waals surface area contributed by atoms with E-state index >= 15 is 0 Å². The van der Waals surface area contributed by atoms with Crippen LogP contribution < -0.4 is 16.0 Å². The van der Waals surface area contributed by atoms with Gasteiger partial charge < -0.3 is 20.7 Å². The fourth-order valence-electron chi connectivity index (χ4n) is 2.42. The van der Waals surface area contributed by atoms with Crippen LogP contribution in [0.2, 0.25) is 0 Å². The van der Waals surface area contributed by atoms with Gasteiger partial charge >= 0.3 is 0 Å². The van der Waals surface area contributed by atoms with E-state index < -0.39 is 0 Å². The van der Waals surface area contributed by atoms with Gasteiger partial charge in [-0.3, -0.25) is 4.79 Å². The second-order valence-corrected chi connectivity index (χ2v) is 5.77. The Labute approximate surface area is 130 Å². The lowest BCUT2D eigenvalue weighted by molar-refractivity contribution is -0.125. The van der Waals surface area contributed by atoms with Crippen LogP contribution in [0.4, 0.5) is 5.69 Å². The number of hydrogen-bond acceptors (Lipinski definition) is 4. The Bertz CT molecular complexity index is 533. The average molecular weight is 307 g/mol. The molecule has 2 rings (SSSR count). The summed E-state index contributed by atoms with van der Waals surface area (Å²) in [6, 6.07) is 7.36. The van der Waals surface area contributed by atoms with Crippen molar-refractivity contribution < 1.29 is 9.53 Å². The summed E-state index contributed by atoms with van der Waals surface area (Å²) in [5.41, 5.74) is 7.47. The van der Waals surface area contributed by atoms with Crippen molar-refractivity contribution in [2.45, 2.75) is 25.9 Å². The molecule has 3 N–H and O–H groups in total. The molecule has 1 heterocycles. The highest BCUT2D eigenvalue weighted by Gasteiger charge is 2.31. The first-order valence-electron chi connectivity index (χ1n) is 7.04. The van der Waals surface area contributed by atoms with Gasteiger partial charge in [0, 0.05) is 23.8 Å². The molecule has 5 nitrogen and oxygen atoms in total. The van der Waals surface area contributed by atoms with E-state index in [1.807, 2.05) is 43.0 Å². The first kappa shape index (κ1) is 15.7. The standard InChI is InChI=1S/C15H21N3O2S/c1-10(2)17-15(19)13-9-20-8-7-18(13)12-6-4-3-5-11(12)14(16)21/h3-6,10,13H,7-9H2,1-2H3,(H2,16,21)(H,17,19). The van der Waals surface area contributed by atoms with Crippen molar-refractivity contribution in [1.82, 2.24) is 5.32 Å². The lowest BCUT2D eigenvalue weighted by Gasteiger charge is -2.37. The Morgan fingerprint density at radius 1 is 1.48 bits per heavy atom. The number of anilines is 1. The number of thiocarbonyl (C=S) groups is 1. The lowest BCUT2D eigenvalue weighted by Crippen LogP contribution is -2.55. The van der Waals surface area contributed by atoms with Gasteiger partial charge in [0.1, 0.15) is 11.0 Å². The SMILES string of the molecule is CC(C)NC(=O)C1COCCN1c1ccccc1C(N)=S. The fourth-order valence-corrected chi connectivity index (χ4v) is 2.60. The van der Waals surface area contributed by atoms with Crippen LogP contribution in [-0.2, 0) is 9.53 Å². The number of benzene rings is 1. The van der Waals surface area contributed by atoms with E-state index in [1.165, 1.54) is 0 Å². The molecule has 0 aromatic heterocycles. The van der Waals surface area contributed by atoms with Crippen molar-refractivity contribution in [3.05, 3.63) is 29.8 Å². The smallest absolute Gasteiger partial charge is 0.245 e.